The number of H-pyrrole nitrogens is 1. The van der Waals surface area contributed by atoms with E-state index in [2.05, 4.69) is 20.8 Å². The van der Waals surface area contributed by atoms with E-state index in [-0.39, 0.29) is 0 Å². The fourth-order valence-corrected chi connectivity index (χ4v) is 3.19. The molecule has 1 saturated carbocycles. The average molecular weight is 264 g/mol. The number of nitrogens with zero attached hydrogens (tertiary/aromatic N) is 1. The van der Waals surface area contributed by atoms with Crippen molar-refractivity contribution in [1.82, 2.24) is 20.8 Å². The van der Waals surface area contributed by atoms with Gasteiger partial charge in [-0.3, -0.25) is 5.10 Å². The molecule has 19 heavy (non-hydrogen) atoms. The molecule has 0 bridgehead atoms. The number of hydrogen-bond donors (Lipinski definition) is 3. The molecular weight excluding hydrogens is 236 g/mol. The SMILES string of the molecule is CNCC(Cc1cn[nH]c1C1CCCCCC1)NC. The first-order valence-corrected chi connectivity index (χ1v) is 7.69. The summed E-state index contributed by atoms with van der Waals surface area (Å²) < 4.78 is 0. The van der Waals surface area contributed by atoms with Crippen molar-refractivity contribution in [3.63, 3.8) is 0 Å². The summed E-state index contributed by atoms with van der Waals surface area (Å²) in [6.07, 6.45) is 11.3. The average Bonchev–Trinajstić information content (AvgIpc) is 2.72. The Labute approximate surface area is 116 Å². The van der Waals surface area contributed by atoms with Crippen LogP contribution in [0.3, 0.4) is 0 Å². The van der Waals surface area contributed by atoms with Crippen LogP contribution in [0.25, 0.3) is 0 Å². The van der Waals surface area contributed by atoms with Crippen molar-refractivity contribution >= 4 is 0 Å². The monoisotopic (exact) mass is 264 g/mol. The zero-order valence-corrected chi connectivity index (χ0v) is 12.3. The lowest BCUT2D eigenvalue weighted by Crippen LogP contribution is -2.37. The van der Waals surface area contributed by atoms with Gasteiger partial charge < -0.3 is 10.6 Å². The van der Waals surface area contributed by atoms with Gasteiger partial charge in [-0.2, -0.15) is 5.10 Å². The van der Waals surface area contributed by atoms with Gasteiger partial charge >= 0.3 is 0 Å². The van der Waals surface area contributed by atoms with Gasteiger partial charge in [-0.25, -0.2) is 0 Å². The predicted octanol–water partition coefficient (Wildman–Crippen LogP) is 2.20. The van der Waals surface area contributed by atoms with E-state index in [0.29, 0.717) is 12.0 Å². The minimum atomic E-state index is 0.479. The van der Waals surface area contributed by atoms with Gasteiger partial charge in [0.1, 0.15) is 0 Å². The van der Waals surface area contributed by atoms with Crippen LogP contribution in [0.5, 0.6) is 0 Å². The molecule has 3 N–H and O–H groups in total. The normalized spacial score (nSPS) is 19.3. The van der Waals surface area contributed by atoms with E-state index in [1.54, 1.807) is 0 Å². The molecule has 0 saturated heterocycles. The third kappa shape index (κ3) is 4.05. The van der Waals surface area contributed by atoms with Crippen LogP contribution in [0.1, 0.15) is 55.7 Å². The number of nitrogens with one attached hydrogen (secondary N) is 3. The number of aromatic amines is 1. The summed E-state index contributed by atoms with van der Waals surface area (Å²) in [4.78, 5) is 0. The largest absolute Gasteiger partial charge is 0.318 e. The highest BCUT2D eigenvalue weighted by Crippen LogP contribution is 2.32. The molecule has 2 rings (SSSR count). The highest BCUT2D eigenvalue weighted by Gasteiger charge is 2.20. The maximum atomic E-state index is 4.30. The van der Waals surface area contributed by atoms with Crippen LogP contribution in [0, 0.1) is 0 Å². The number of rotatable bonds is 6. The Kier molecular flexibility index (Phi) is 5.86. The summed E-state index contributed by atoms with van der Waals surface area (Å²) in [6.45, 7) is 0.992. The van der Waals surface area contributed by atoms with Gasteiger partial charge in [0.2, 0.25) is 0 Å². The third-order valence-corrected chi connectivity index (χ3v) is 4.34. The van der Waals surface area contributed by atoms with Gasteiger partial charge in [-0.15, -0.1) is 0 Å². The minimum absolute atomic E-state index is 0.479. The Hall–Kier alpha value is -0.870. The maximum absolute atomic E-state index is 4.30. The zero-order chi connectivity index (χ0) is 13.5. The summed E-state index contributed by atoms with van der Waals surface area (Å²) in [5.41, 5.74) is 2.81. The number of likely N-dealkylation sites (N-methyl/N-ethyl adjacent to an activating group) is 2. The van der Waals surface area contributed by atoms with Crippen molar-refractivity contribution < 1.29 is 0 Å². The van der Waals surface area contributed by atoms with Crippen molar-refractivity contribution in [2.24, 2.45) is 0 Å². The minimum Gasteiger partial charge on any atom is -0.318 e. The van der Waals surface area contributed by atoms with Crippen LogP contribution in [-0.4, -0.2) is 36.9 Å². The van der Waals surface area contributed by atoms with Crippen LogP contribution >= 0.6 is 0 Å². The van der Waals surface area contributed by atoms with E-state index in [1.165, 1.54) is 49.8 Å². The van der Waals surface area contributed by atoms with Gasteiger partial charge in [0, 0.05) is 24.2 Å². The topological polar surface area (TPSA) is 52.7 Å². The van der Waals surface area contributed by atoms with Gasteiger partial charge in [-0.1, -0.05) is 25.7 Å². The quantitative estimate of drug-likeness (QED) is 0.690. The van der Waals surface area contributed by atoms with E-state index in [1.807, 2.05) is 20.3 Å². The van der Waals surface area contributed by atoms with Crippen molar-refractivity contribution in [3.05, 3.63) is 17.5 Å². The van der Waals surface area contributed by atoms with Crippen LogP contribution in [0.4, 0.5) is 0 Å². The van der Waals surface area contributed by atoms with Crippen LogP contribution in [0.2, 0.25) is 0 Å². The number of hydrogen-bond acceptors (Lipinski definition) is 3. The summed E-state index contributed by atoms with van der Waals surface area (Å²) >= 11 is 0. The van der Waals surface area contributed by atoms with E-state index < -0.39 is 0 Å². The van der Waals surface area contributed by atoms with Crippen LogP contribution in [0.15, 0.2) is 6.20 Å². The Bertz CT molecular complexity index is 353. The van der Waals surface area contributed by atoms with Crippen molar-refractivity contribution in [2.75, 3.05) is 20.6 Å². The molecular formula is C15H28N4. The Morgan fingerprint density at radius 3 is 2.63 bits per heavy atom. The molecule has 4 nitrogen and oxygen atoms in total. The molecule has 0 amide bonds. The lowest BCUT2D eigenvalue weighted by atomic mass is 9.92. The first kappa shape index (κ1) is 14.5. The van der Waals surface area contributed by atoms with Crippen molar-refractivity contribution in [3.8, 4) is 0 Å². The van der Waals surface area contributed by atoms with Crippen LogP contribution < -0.4 is 10.6 Å². The van der Waals surface area contributed by atoms with Gasteiger partial charge in [-0.05, 0) is 38.9 Å². The molecule has 1 fully saturated rings. The van der Waals surface area contributed by atoms with Gasteiger partial charge in [0.05, 0.1) is 6.20 Å². The lowest BCUT2D eigenvalue weighted by Gasteiger charge is -2.18. The van der Waals surface area contributed by atoms with Crippen molar-refractivity contribution in [1.29, 1.82) is 0 Å². The molecule has 4 heteroatoms. The second kappa shape index (κ2) is 7.65. The van der Waals surface area contributed by atoms with E-state index in [0.717, 1.165) is 13.0 Å². The lowest BCUT2D eigenvalue weighted by molar-refractivity contribution is 0.519. The van der Waals surface area contributed by atoms with Gasteiger partial charge in [0.15, 0.2) is 0 Å². The number of aromatic nitrogens is 2. The smallest absolute Gasteiger partial charge is 0.0522 e. The second-order valence-corrected chi connectivity index (χ2v) is 5.74. The molecule has 1 aliphatic rings. The third-order valence-electron chi connectivity index (χ3n) is 4.34. The molecule has 0 spiro atoms. The van der Waals surface area contributed by atoms with E-state index in [9.17, 15) is 0 Å². The molecule has 1 aromatic heterocycles. The molecule has 108 valence electrons. The van der Waals surface area contributed by atoms with Crippen LogP contribution in [-0.2, 0) is 6.42 Å². The Balaban J connectivity index is 2.03. The van der Waals surface area contributed by atoms with Gasteiger partial charge in [0.25, 0.3) is 0 Å². The summed E-state index contributed by atoms with van der Waals surface area (Å²) in [5.74, 6) is 0.701. The highest BCUT2D eigenvalue weighted by molar-refractivity contribution is 5.22. The van der Waals surface area contributed by atoms with E-state index in [4.69, 9.17) is 0 Å². The summed E-state index contributed by atoms with van der Waals surface area (Å²) in [6, 6.07) is 0.479. The molecule has 0 aromatic carbocycles. The fraction of sp³-hybridized carbons (Fsp3) is 0.800. The summed E-state index contributed by atoms with van der Waals surface area (Å²) in [7, 11) is 4.04. The first-order chi connectivity index (χ1) is 9.35. The molecule has 0 radical (unpaired) electrons. The highest BCUT2D eigenvalue weighted by atomic mass is 15.1. The Morgan fingerprint density at radius 2 is 2.00 bits per heavy atom. The zero-order valence-electron chi connectivity index (χ0n) is 12.3. The predicted molar refractivity (Wildman–Crippen MR) is 79.5 cm³/mol. The molecule has 1 unspecified atom stereocenters. The Morgan fingerprint density at radius 1 is 1.26 bits per heavy atom. The fourth-order valence-electron chi connectivity index (χ4n) is 3.19. The molecule has 1 heterocycles. The van der Waals surface area contributed by atoms with Crippen molar-refractivity contribution in [2.45, 2.75) is 56.9 Å². The first-order valence-electron chi connectivity index (χ1n) is 7.69. The summed E-state index contributed by atoms with van der Waals surface area (Å²) in [5, 5.41) is 14.2. The maximum Gasteiger partial charge on any atom is 0.0522 e. The second-order valence-electron chi connectivity index (χ2n) is 5.74. The molecule has 0 aliphatic heterocycles. The standard InChI is InChI=1S/C15H28N4/c1-16-11-14(17-2)9-13-10-18-19-15(13)12-7-5-3-4-6-8-12/h10,12,14,16-17H,3-9,11H2,1-2H3,(H,18,19). The molecule has 1 atom stereocenters. The van der Waals surface area contributed by atoms with E-state index >= 15 is 0 Å². The molecule has 1 aliphatic carbocycles. The molecule has 1 aromatic rings.